The standard InChI is InChI=1S/C15H20FNO2/c1-11-9-17(10-12(2)19-11)8-7-15(18)13-3-5-14(16)6-4-13/h3-6,11-12H,7-10H2,1-2H3/t11-,12+. The predicted octanol–water partition coefficient (Wildman–Crippen LogP) is 2.51. The van der Waals surface area contributed by atoms with Crippen molar-refractivity contribution in [3.05, 3.63) is 35.6 Å². The van der Waals surface area contributed by atoms with Gasteiger partial charge in [0.25, 0.3) is 0 Å². The van der Waals surface area contributed by atoms with E-state index in [1.807, 2.05) is 13.8 Å². The molecule has 0 saturated carbocycles. The molecule has 1 aliphatic rings. The molecular weight excluding hydrogens is 245 g/mol. The maximum absolute atomic E-state index is 12.8. The average molecular weight is 265 g/mol. The number of Topliss-reactive ketones (excluding diaryl/α,β-unsaturated/α-hetero) is 1. The van der Waals surface area contributed by atoms with Crippen LogP contribution in [0.2, 0.25) is 0 Å². The van der Waals surface area contributed by atoms with Gasteiger partial charge >= 0.3 is 0 Å². The van der Waals surface area contributed by atoms with Gasteiger partial charge in [0.2, 0.25) is 0 Å². The molecule has 0 spiro atoms. The Morgan fingerprint density at radius 3 is 2.42 bits per heavy atom. The van der Waals surface area contributed by atoms with Crippen LogP contribution in [-0.2, 0) is 4.74 Å². The molecule has 1 aliphatic heterocycles. The third kappa shape index (κ3) is 4.11. The zero-order valence-electron chi connectivity index (χ0n) is 11.4. The number of carbonyl (C=O) groups is 1. The van der Waals surface area contributed by atoms with Crippen molar-refractivity contribution in [1.29, 1.82) is 0 Å². The molecule has 0 unspecified atom stereocenters. The lowest BCUT2D eigenvalue weighted by Crippen LogP contribution is -2.46. The summed E-state index contributed by atoms with van der Waals surface area (Å²) >= 11 is 0. The zero-order chi connectivity index (χ0) is 13.8. The SMILES string of the molecule is C[C@@H]1CN(CCC(=O)c2ccc(F)cc2)C[C@H](C)O1. The van der Waals surface area contributed by atoms with Gasteiger partial charge in [0.05, 0.1) is 12.2 Å². The van der Waals surface area contributed by atoms with E-state index in [9.17, 15) is 9.18 Å². The van der Waals surface area contributed by atoms with Gasteiger partial charge in [-0.05, 0) is 38.1 Å². The second-order valence-electron chi connectivity index (χ2n) is 5.20. The van der Waals surface area contributed by atoms with Crippen LogP contribution in [-0.4, -0.2) is 42.5 Å². The lowest BCUT2D eigenvalue weighted by atomic mass is 10.1. The Balaban J connectivity index is 1.84. The summed E-state index contributed by atoms with van der Waals surface area (Å²) in [5.74, 6) is -0.251. The molecule has 0 aliphatic carbocycles. The minimum Gasteiger partial charge on any atom is -0.373 e. The Labute approximate surface area is 113 Å². The van der Waals surface area contributed by atoms with Gasteiger partial charge in [-0.1, -0.05) is 0 Å². The van der Waals surface area contributed by atoms with E-state index < -0.39 is 0 Å². The average Bonchev–Trinajstić information content (AvgIpc) is 2.36. The van der Waals surface area contributed by atoms with Gasteiger partial charge in [-0.25, -0.2) is 4.39 Å². The molecule has 1 heterocycles. The Hall–Kier alpha value is -1.26. The molecule has 19 heavy (non-hydrogen) atoms. The number of carbonyl (C=O) groups excluding carboxylic acids is 1. The number of morpholine rings is 1. The first-order valence-corrected chi connectivity index (χ1v) is 6.71. The smallest absolute Gasteiger partial charge is 0.164 e. The number of ether oxygens (including phenoxy) is 1. The normalized spacial score (nSPS) is 24.4. The van der Waals surface area contributed by atoms with Gasteiger partial charge in [0, 0.05) is 31.6 Å². The van der Waals surface area contributed by atoms with E-state index in [1.165, 1.54) is 12.1 Å². The van der Waals surface area contributed by atoms with E-state index in [0.29, 0.717) is 12.0 Å². The highest BCUT2D eigenvalue weighted by atomic mass is 19.1. The number of hydrogen-bond acceptors (Lipinski definition) is 3. The molecule has 1 aromatic rings. The van der Waals surface area contributed by atoms with Crippen LogP contribution in [0.15, 0.2) is 24.3 Å². The summed E-state index contributed by atoms with van der Waals surface area (Å²) < 4.78 is 18.4. The van der Waals surface area contributed by atoms with Crippen molar-refractivity contribution in [2.75, 3.05) is 19.6 Å². The maximum atomic E-state index is 12.8. The summed E-state index contributed by atoms with van der Waals surface area (Å²) in [7, 11) is 0. The molecule has 0 amide bonds. The van der Waals surface area contributed by atoms with Crippen LogP contribution in [0.25, 0.3) is 0 Å². The first-order valence-electron chi connectivity index (χ1n) is 6.71. The first-order chi connectivity index (χ1) is 9.04. The van der Waals surface area contributed by atoms with Crippen molar-refractivity contribution in [2.24, 2.45) is 0 Å². The zero-order valence-corrected chi connectivity index (χ0v) is 11.4. The predicted molar refractivity (Wildman–Crippen MR) is 71.8 cm³/mol. The Bertz CT molecular complexity index is 422. The summed E-state index contributed by atoms with van der Waals surface area (Å²) in [6.07, 6.45) is 0.889. The minimum absolute atomic E-state index is 0.0618. The van der Waals surface area contributed by atoms with Gasteiger partial charge in [0.1, 0.15) is 5.82 Å². The van der Waals surface area contributed by atoms with E-state index in [-0.39, 0.29) is 23.8 Å². The van der Waals surface area contributed by atoms with Gasteiger partial charge < -0.3 is 4.74 Å². The second kappa shape index (κ2) is 6.26. The van der Waals surface area contributed by atoms with Crippen molar-refractivity contribution in [1.82, 2.24) is 4.90 Å². The molecule has 0 aromatic heterocycles. The lowest BCUT2D eigenvalue weighted by Gasteiger charge is -2.35. The summed E-state index contributed by atoms with van der Waals surface area (Å²) in [6, 6.07) is 5.74. The van der Waals surface area contributed by atoms with Gasteiger partial charge in [0.15, 0.2) is 5.78 Å². The lowest BCUT2D eigenvalue weighted by molar-refractivity contribution is -0.0675. The third-order valence-electron chi connectivity index (χ3n) is 3.32. The van der Waals surface area contributed by atoms with Crippen molar-refractivity contribution < 1.29 is 13.9 Å². The molecule has 2 atom stereocenters. The van der Waals surface area contributed by atoms with Gasteiger partial charge in [-0.3, -0.25) is 9.69 Å². The van der Waals surface area contributed by atoms with E-state index in [4.69, 9.17) is 4.74 Å². The quantitative estimate of drug-likeness (QED) is 0.783. The minimum atomic E-state index is -0.313. The van der Waals surface area contributed by atoms with Crippen LogP contribution in [0, 0.1) is 5.82 Å². The molecule has 1 fully saturated rings. The molecule has 1 aromatic carbocycles. The molecule has 0 N–H and O–H groups in total. The van der Waals surface area contributed by atoms with Crippen LogP contribution < -0.4 is 0 Å². The fourth-order valence-electron chi connectivity index (χ4n) is 2.51. The highest BCUT2D eigenvalue weighted by Crippen LogP contribution is 2.12. The van der Waals surface area contributed by atoms with Gasteiger partial charge in [-0.15, -0.1) is 0 Å². The largest absolute Gasteiger partial charge is 0.373 e. The maximum Gasteiger partial charge on any atom is 0.164 e. The monoisotopic (exact) mass is 265 g/mol. The molecule has 0 radical (unpaired) electrons. The highest BCUT2D eigenvalue weighted by molar-refractivity contribution is 5.96. The Morgan fingerprint density at radius 1 is 1.26 bits per heavy atom. The summed E-state index contributed by atoms with van der Waals surface area (Å²) in [4.78, 5) is 14.2. The fourth-order valence-corrected chi connectivity index (χ4v) is 2.51. The van der Waals surface area contributed by atoms with E-state index in [0.717, 1.165) is 19.6 Å². The second-order valence-corrected chi connectivity index (χ2v) is 5.20. The van der Waals surface area contributed by atoms with Crippen LogP contribution in [0.3, 0.4) is 0 Å². The fraction of sp³-hybridized carbons (Fsp3) is 0.533. The number of ketones is 1. The van der Waals surface area contributed by atoms with Crippen molar-refractivity contribution >= 4 is 5.78 Å². The van der Waals surface area contributed by atoms with Crippen LogP contribution in [0.4, 0.5) is 4.39 Å². The summed E-state index contributed by atoms with van der Waals surface area (Å²) in [5, 5.41) is 0. The molecule has 1 saturated heterocycles. The van der Waals surface area contributed by atoms with Crippen LogP contribution in [0.5, 0.6) is 0 Å². The number of hydrogen-bond donors (Lipinski definition) is 0. The number of nitrogens with zero attached hydrogens (tertiary/aromatic N) is 1. The molecule has 2 rings (SSSR count). The Morgan fingerprint density at radius 2 is 1.84 bits per heavy atom. The van der Waals surface area contributed by atoms with Crippen molar-refractivity contribution in [2.45, 2.75) is 32.5 Å². The van der Waals surface area contributed by atoms with Gasteiger partial charge in [-0.2, -0.15) is 0 Å². The number of halogens is 1. The molecular formula is C15H20FNO2. The van der Waals surface area contributed by atoms with Crippen LogP contribution >= 0.6 is 0 Å². The van der Waals surface area contributed by atoms with Crippen molar-refractivity contribution in [3.8, 4) is 0 Å². The Kier molecular flexibility index (Phi) is 4.66. The molecule has 4 heteroatoms. The van der Waals surface area contributed by atoms with Crippen LogP contribution in [0.1, 0.15) is 30.6 Å². The topological polar surface area (TPSA) is 29.5 Å². The van der Waals surface area contributed by atoms with Crippen molar-refractivity contribution in [3.63, 3.8) is 0 Å². The first kappa shape index (κ1) is 14.2. The van der Waals surface area contributed by atoms with E-state index >= 15 is 0 Å². The summed E-state index contributed by atoms with van der Waals surface area (Å²) in [5.41, 5.74) is 0.579. The number of benzene rings is 1. The summed E-state index contributed by atoms with van der Waals surface area (Å²) in [6.45, 7) is 6.55. The molecule has 3 nitrogen and oxygen atoms in total. The molecule has 0 bridgehead atoms. The van der Waals surface area contributed by atoms with E-state index in [1.54, 1.807) is 12.1 Å². The molecule has 104 valence electrons. The van der Waals surface area contributed by atoms with E-state index in [2.05, 4.69) is 4.90 Å². The number of rotatable bonds is 4. The highest BCUT2D eigenvalue weighted by Gasteiger charge is 2.22. The third-order valence-corrected chi connectivity index (χ3v) is 3.32.